The molecule has 3 rings (SSSR count). The molecule has 7 nitrogen and oxygen atoms in total. The third kappa shape index (κ3) is 5.79. The van der Waals surface area contributed by atoms with Gasteiger partial charge < -0.3 is 19.4 Å². The molecule has 1 unspecified atom stereocenters. The summed E-state index contributed by atoms with van der Waals surface area (Å²) >= 11 is 1.35. The van der Waals surface area contributed by atoms with Crippen molar-refractivity contribution < 1.29 is 14.3 Å². The third-order valence-corrected chi connectivity index (χ3v) is 5.87. The highest BCUT2D eigenvalue weighted by atomic mass is 32.2. The minimum absolute atomic E-state index is 0.120. The number of methoxy groups -OCH3 is 1. The van der Waals surface area contributed by atoms with Gasteiger partial charge in [-0.15, -0.1) is 10.2 Å². The van der Waals surface area contributed by atoms with Gasteiger partial charge in [0.15, 0.2) is 17.1 Å². The van der Waals surface area contributed by atoms with E-state index in [-0.39, 0.29) is 17.8 Å². The monoisotopic (exact) mass is 440 g/mol. The Bertz CT molecular complexity index is 1050. The largest absolute Gasteiger partial charge is 0.497 e. The van der Waals surface area contributed by atoms with E-state index in [0.29, 0.717) is 23.1 Å². The maximum atomic E-state index is 12.4. The summed E-state index contributed by atoms with van der Waals surface area (Å²) in [5, 5.41) is 12.2. The van der Waals surface area contributed by atoms with Gasteiger partial charge >= 0.3 is 0 Å². The molecule has 8 heteroatoms. The highest BCUT2D eigenvalue weighted by molar-refractivity contribution is 7.99. The van der Waals surface area contributed by atoms with Crippen LogP contribution >= 0.6 is 11.8 Å². The van der Waals surface area contributed by atoms with Crippen LogP contribution in [0.1, 0.15) is 36.9 Å². The summed E-state index contributed by atoms with van der Waals surface area (Å²) in [4.78, 5) is 12.4. The van der Waals surface area contributed by atoms with Gasteiger partial charge in [-0.1, -0.05) is 23.9 Å². The zero-order chi connectivity index (χ0) is 22.4. The van der Waals surface area contributed by atoms with Crippen LogP contribution in [-0.2, 0) is 11.3 Å². The average molecular weight is 441 g/mol. The molecule has 1 atom stereocenters. The molecule has 1 aromatic heterocycles. The molecular weight excluding hydrogens is 412 g/mol. The fourth-order valence-corrected chi connectivity index (χ4v) is 3.89. The van der Waals surface area contributed by atoms with Crippen LogP contribution in [-0.4, -0.2) is 33.5 Å². The van der Waals surface area contributed by atoms with Crippen molar-refractivity contribution >= 4 is 23.4 Å². The first-order valence-corrected chi connectivity index (χ1v) is 11.1. The van der Waals surface area contributed by atoms with Crippen molar-refractivity contribution in [3.05, 3.63) is 59.4 Å². The molecule has 3 aromatic rings. The zero-order valence-corrected chi connectivity index (χ0v) is 19.3. The van der Waals surface area contributed by atoms with E-state index in [0.717, 1.165) is 11.6 Å². The fourth-order valence-electron chi connectivity index (χ4n) is 3.08. The van der Waals surface area contributed by atoms with Crippen LogP contribution in [0.2, 0.25) is 0 Å². The van der Waals surface area contributed by atoms with Crippen molar-refractivity contribution in [3.8, 4) is 11.5 Å². The van der Waals surface area contributed by atoms with Crippen LogP contribution in [0.25, 0.3) is 0 Å². The van der Waals surface area contributed by atoms with Crippen molar-refractivity contribution in [1.29, 1.82) is 0 Å². The van der Waals surface area contributed by atoms with Crippen LogP contribution < -0.4 is 14.8 Å². The summed E-state index contributed by atoms with van der Waals surface area (Å²) < 4.78 is 13.3. The number of hydrogen-bond acceptors (Lipinski definition) is 6. The van der Waals surface area contributed by atoms with Crippen molar-refractivity contribution in [3.63, 3.8) is 0 Å². The number of aryl methyl sites for hydroxylation is 2. The predicted octanol–water partition coefficient (Wildman–Crippen LogP) is 4.79. The summed E-state index contributed by atoms with van der Waals surface area (Å²) in [6.07, 6.45) is -0.269. The number of nitrogens with one attached hydrogen (secondary N) is 1. The van der Waals surface area contributed by atoms with Crippen molar-refractivity contribution in [2.24, 2.45) is 0 Å². The van der Waals surface area contributed by atoms with Gasteiger partial charge in [0.2, 0.25) is 5.91 Å². The van der Waals surface area contributed by atoms with Crippen molar-refractivity contribution in [1.82, 2.24) is 14.8 Å². The number of thioether (sulfide) groups is 1. The van der Waals surface area contributed by atoms with Crippen molar-refractivity contribution in [2.75, 3.05) is 18.2 Å². The van der Waals surface area contributed by atoms with Gasteiger partial charge in [0.1, 0.15) is 11.5 Å². The number of hydrogen-bond donors (Lipinski definition) is 1. The summed E-state index contributed by atoms with van der Waals surface area (Å²) in [6, 6.07) is 13.3. The second-order valence-corrected chi connectivity index (χ2v) is 8.10. The lowest BCUT2D eigenvalue weighted by Crippen LogP contribution is -2.15. The molecule has 0 bridgehead atoms. The number of aromatic nitrogens is 3. The Kier molecular flexibility index (Phi) is 7.57. The number of carbonyl (C=O) groups is 1. The Hall–Kier alpha value is -3.00. The number of rotatable bonds is 9. The Morgan fingerprint density at radius 1 is 1.13 bits per heavy atom. The Labute approximate surface area is 187 Å². The van der Waals surface area contributed by atoms with Crippen LogP contribution in [0, 0.1) is 13.8 Å². The summed E-state index contributed by atoms with van der Waals surface area (Å²) in [7, 11) is 1.59. The number of carbonyl (C=O) groups excluding carboxylic acids is 1. The third-order valence-electron chi connectivity index (χ3n) is 4.90. The first-order valence-electron chi connectivity index (χ1n) is 10.1. The number of benzene rings is 2. The summed E-state index contributed by atoms with van der Waals surface area (Å²) in [5.41, 5.74) is 3.10. The van der Waals surface area contributed by atoms with E-state index >= 15 is 0 Å². The van der Waals surface area contributed by atoms with Crippen LogP contribution in [0.4, 0.5) is 5.69 Å². The van der Waals surface area contributed by atoms with Gasteiger partial charge in [-0.3, -0.25) is 4.79 Å². The van der Waals surface area contributed by atoms with Crippen molar-refractivity contribution in [2.45, 2.75) is 45.5 Å². The molecule has 0 spiro atoms. The normalized spacial score (nSPS) is 11.8. The number of amides is 1. The Balaban J connectivity index is 1.63. The highest BCUT2D eigenvalue weighted by Gasteiger charge is 2.19. The number of nitrogens with zero attached hydrogens (tertiary/aromatic N) is 3. The molecule has 1 N–H and O–H groups in total. The SMILES string of the molecule is CCn1c(SCC(=O)Nc2cccc(OC)c2)nnc1C(C)Oc1ccc(C)c(C)c1. The maximum absolute atomic E-state index is 12.4. The van der Waals surface area contributed by atoms with Crippen LogP contribution in [0.3, 0.4) is 0 Å². The van der Waals surface area contributed by atoms with Gasteiger partial charge in [0.25, 0.3) is 0 Å². The molecular formula is C23H28N4O3S. The summed E-state index contributed by atoms with van der Waals surface area (Å²) in [6.45, 7) is 8.80. The van der Waals surface area contributed by atoms with E-state index in [1.807, 2.05) is 54.8 Å². The minimum atomic E-state index is -0.269. The smallest absolute Gasteiger partial charge is 0.234 e. The maximum Gasteiger partial charge on any atom is 0.234 e. The molecule has 1 heterocycles. The Morgan fingerprint density at radius 2 is 1.94 bits per heavy atom. The van der Waals surface area contributed by atoms with Gasteiger partial charge in [0.05, 0.1) is 12.9 Å². The van der Waals surface area contributed by atoms with E-state index in [1.165, 1.54) is 22.9 Å². The lowest BCUT2D eigenvalue weighted by atomic mass is 10.1. The molecule has 0 aliphatic carbocycles. The quantitative estimate of drug-likeness (QED) is 0.482. The van der Waals surface area contributed by atoms with Gasteiger partial charge in [-0.2, -0.15) is 0 Å². The molecule has 0 aliphatic heterocycles. The highest BCUT2D eigenvalue weighted by Crippen LogP contribution is 2.26. The molecule has 0 aliphatic rings. The fraction of sp³-hybridized carbons (Fsp3) is 0.348. The average Bonchev–Trinajstić information content (AvgIpc) is 3.18. The molecule has 0 saturated heterocycles. The van der Waals surface area contributed by atoms with E-state index in [9.17, 15) is 4.79 Å². The standard InChI is InChI=1S/C23H28N4O3S/c1-6-27-22(17(4)30-20-11-10-15(2)16(3)12-20)25-26-23(27)31-14-21(28)24-18-8-7-9-19(13-18)29-5/h7-13,17H,6,14H2,1-5H3,(H,24,28). The second-order valence-electron chi connectivity index (χ2n) is 7.16. The molecule has 2 aromatic carbocycles. The van der Waals surface area contributed by atoms with Crippen LogP contribution in [0.15, 0.2) is 47.6 Å². The molecule has 31 heavy (non-hydrogen) atoms. The topological polar surface area (TPSA) is 78.3 Å². The van der Waals surface area contributed by atoms with Gasteiger partial charge in [0, 0.05) is 18.3 Å². The first kappa shape index (κ1) is 22.7. The number of anilines is 1. The van der Waals surface area contributed by atoms with E-state index in [1.54, 1.807) is 13.2 Å². The molecule has 0 radical (unpaired) electrons. The van der Waals surface area contributed by atoms with E-state index < -0.39 is 0 Å². The second kappa shape index (κ2) is 10.3. The summed E-state index contributed by atoms with van der Waals surface area (Å²) in [5.74, 6) is 2.33. The molecule has 164 valence electrons. The van der Waals surface area contributed by atoms with Crippen LogP contribution in [0.5, 0.6) is 11.5 Å². The van der Waals surface area contributed by atoms with Gasteiger partial charge in [-0.25, -0.2) is 0 Å². The molecule has 1 amide bonds. The molecule has 0 saturated carbocycles. The molecule has 0 fully saturated rings. The van der Waals surface area contributed by atoms with Gasteiger partial charge in [-0.05, 0) is 63.1 Å². The predicted molar refractivity (Wildman–Crippen MR) is 123 cm³/mol. The first-order chi connectivity index (χ1) is 14.9. The lowest BCUT2D eigenvalue weighted by molar-refractivity contribution is -0.113. The lowest BCUT2D eigenvalue weighted by Gasteiger charge is -2.16. The minimum Gasteiger partial charge on any atom is -0.497 e. The zero-order valence-electron chi connectivity index (χ0n) is 18.5. The number of ether oxygens (including phenoxy) is 2. The Morgan fingerprint density at radius 3 is 2.65 bits per heavy atom. The van der Waals surface area contributed by atoms with E-state index in [2.05, 4.69) is 29.4 Å². The van der Waals surface area contributed by atoms with E-state index in [4.69, 9.17) is 9.47 Å².